The lowest BCUT2D eigenvalue weighted by Gasteiger charge is -2.11. The molecule has 0 aliphatic heterocycles. The fourth-order valence-corrected chi connectivity index (χ4v) is 3.36. The van der Waals surface area contributed by atoms with Gasteiger partial charge >= 0.3 is 5.97 Å². The van der Waals surface area contributed by atoms with Gasteiger partial charge in [0.05, 0.1) is 23.9 Å². The Morgan fingerprint density at radius 1 is 1.13 bits per heavy atom. The number of carboxylic acids is 1. The van der Waals surface area contributed by atoms with Gasteiger partial charge in [-0.05, 0) is 62.4 Å². The predicted molar refractivity (Wildman–Crippen MR) is 115 cm³/mol. The highest BCUT2D eigenvalue weighted by molar-refractivity contribution is 6.33. The molecule has 0 atom stereocenters. The standard InChI is InChI=1S/C22H20ClN3O4/c1-13-10-16(12-24-25-21(27)15-4-7-18(30-3)8-5-15)14(2)26(13)17-6-9-19(22(28)29)20(23)11-17/h4-12H,1-3H3,(H,25,27)(H,28,29)/b24-12-. The monoisotopic (exact) mass is 425 g/mol. The molecule has 2 N–H and O–H groups in total. The second-order valence-corrected chi connectivity index (χ2v) is 6.97. The summed E-state index contributed by atoms with van der Waals surface area (Å²) in [5.74, 6) is -0.745. The molecule has 0 unspecified atom stereocenters. The van der Waals surface area contributed by atoms with Gasteiger partial charge in [0.25, 0.3) is 5.91 Å². The topological polar surface area (TPSA) is 92.9 Å². The third-order valence-corrected chi connectivity index (χ3v) is 4.95. The smallest absolute Gasteiger partial charge is 0.337 e. The first-order chi connectivity index (χ1) is 14.3. The van der Waals surface area contributed by atoms with Gasteiger partial charge in [0.15, 0.2) is 0 Å². The van der Waals surface area contributed by atoms with Crippen LogP contribution in [0.5, 0.6) is 5.75 Å². The second kappa shape index (κ2) is 8.84. The number of benzene rings is 2. The second-order valence-electron chi connectivity index (χ2n) is 6.56. The molecule has 0 radical (unpaired) electrons. The van der Waals surface area contributed by atoms with Crippen LogP contribution in [0, 0.1) is 13.8 Å². The number of carbonyl (C=O) groups is 2. The van der Waals surface area contributed by atoms with Crippen LogP contribution < -0.4 is 10.2 Å². The number of aromatic carboxylic acids is 1. The summed E-state index contributed by atoms with van der Waals surface area (Å²) in [6.45, 7) is 3.82. The zero-order valence-electron chi connectivity index (χ0n) is 16.6. The number of ether oxygens (including phenoxy) is 1. The van der Waals surface area contributed by atoms with Gasteiger partial charge in [-0.3, -0.25) is 4.79 Å². The van der Waals surface area contributed by atoms with Crippen LogP contribution in [-0.2, 0) is 0 Å². The number of amides is 1. The number of carboxylic acid groups (broad SMARTS) is 1. The molecular weight excluding hydrogens is 406 g/mol. The Balaban J connectivity index is 1.79. The van der Waals surface area contributed by atoms with Crippen LogP contribution in [-0.4, -0.2) is 34.9 Å². The van der Waals surface area contributed by atoms with Gasteiger partial charge in [0, 0.05) is 28.2 Å². The number of aryl methyl sites for hydroxylation is 1. The van der Waals surface area contributed by atoms with Crippen LogP contribution in [0.1, 0.15) is 37.7 Å². The quantitative estimate of drug-likeness (QED) is 0.457. The van der Waals surface area contributed by atoms with E-state index in [1.807, 2.05) is 24.5 Å². The number of hydrogen-bond donors (Lipinski definition) is 2. The SMILES string of the molecule is COc1ccc(C(=O)N/N=C\c2cc(C)n(-c3ccc(C(=O)O)c(Cl)c3)c2C)cc1. The fourth-order valence-electron chi connectivity index (χ4n) is 3.10. The Labute approximate surface area is 178 Å². The molecule has 0 bridgehead atoms. The number of carbonyl (C=O) groups excluding carboxylic acids is 1. The average molecular weight is 426 g/mol. The van der Waals surface area contributed by atoms with Crippen LogP contribution in [0.3, 0.4) is 0 Å². The lowest BCUT2D eigenvalue weighted by Crippen LogP contribution is -2.17. The molecular formula is C22H20ClN3O4. The molecule has 7 nitrogen and oxygen atoms in total. The first-order valence-corrected chi connectivity index (χ1v) is 9.39. The van der Waals surface area contributed by atoms with Gasteiger partial charge in [-0.1, -0.05) is 11.6 Å². The molecule has 0 saturated heterocycles. The number of rotatable bonds is 6. The largest absolute Gasteiger partial charge is 0.497 e. The van der Waals surface area contributed by atoms with E-state index in [0.717, 1.165) is 22.6 Å². The van der Waals surface area contributed by atoms with Crippen molar-refractivity contribution in [2.75, 3.05) is 7.11 Å². The molecule has 1 heterocycles. The van der Waals surface area contributed by atoms with Gasteiger partial charge in [-0.15, -0.1) is 0 Å². The van der Waals surface area contributed by atoms with Crippen molar-refractivity contribution in [2.45, 2.75) is 13.8 Å². The molecule has 3 aromatic rings. The summed E-state index contributed by atoms with van der Waals surface area (Å²) in [4.78, 5) is 23.4. The highest BCUT2D eigenvalue weighted by atomic mass is 35.5. The normalized spacial score (nSPS) is 10.9. The van der Waals surface area contributed by atoms with Crippen molar-refractivity contribution in [1.29, 1.82) is 0 Å². The van der Waals surface area contributed by atoms with Gasteiger partial charge in [-0.2, -0.15) is 5.10 Å². The lowest BCUT2D eigenvalue weighted by atomic mass is 10.2. The van der Waals surface area contributed by atoms with Crippen molar-refractivity contribution in [3.63, 3.8) is 0 Å². The van der Waals surface area contributed by atoms with E-state index in [2.05, 4.69) is 10.5 Å². The van der Waals surface area contributed by atoms with Crippen molar-refractivity contribution in [2.24, 2.45) is 5.10 Å². The molecule has 2 aromatic carbocycles. The number of halogens is 1. The predicted octanol–water partition coefficient (Wildman–Crippen LogP) is 4.22. The summed E-state index contributed by atoms with van der Waals surface area (Å²) in [7, 11) is 1.56. The molecule has 1 amide bonds. The Morgan fingerprint density at radius 3 is 2.43 bits per heavy atom. The molecule has 0 saturated carbocycles. The van der Waals surface area contributed by atoms with E-state index in [-0.39, 0.29) is 16.5 Å². The molecule has 0 aliphatic rings. The first kappa shape index (κ1) is 21.1. The molecule has 1 aromatic heterocycles. The van der Waals surface area contributed by atoms with E-state index in [0.29, 0.717) is 11.3 Å². The molecule has 154 valence electrons. The number of hydrogen-bond acceptors (Lipinski definition) is 4. The Morgan fingerprint density at radius 2 is 1.83 bits per heavy atom. The summed E-state index contributed by atoms with van der Waals surface area (Å²) in [5.41, 5.74) is 6.34. The van der Waals surface area contributed by atoms with Crippen LogP contribution >= 0.6 is 11.6 Å². The van der Waals surface area contributed by atoms with Gasteiger partial charge < -0.3 is 14.4 Å². The number of aromatic nitrogens is 1. The van der Waals surface area contributed by atoms with Crippen molar-refractivity contribution in [1.82, 2.24) is 9.99 Å². The van der Waals surface area contributed by atoms with E-state index in [1.54, 1.807) is 49.7 Å². The summed E-state index contributed by atoms with van der Waals surface area (Å²) in [6.07, 6.45) is 1.56. The summed E-state index contributed by atoms with van der Waals surface area (Å²) in [6, 6.07) is 13.4. The van der Waals surface area contributed by atoms with Crippen molar-refractivity contribution >= 4 is 29.7 Å². The molecule has 30 heavy (non-hydrogen) atoms. The van der Waals surface area contributed by atoms with E-state index >= 15 is 0 Å². The van der Waals surface area contributed by atoms with Crippen LogP contribution in [0.15, 0.2) is 53.6 Å². The van der Waals surface area contributed by atoms with Crippen LogP contribution in [0.2, 0.25) is 5.02 Å². The van der Waals surface area contributed by atoms with E-state index in [1.165, 1.54) is 6.07 Å². The lowest BCUT2D eigenvalue weighted by molar-refractivity contribution is 0.0696. The molecule has 3 rings (SSSR count). The highest BCUT2D eigenvalue weighted by Crippen LogP contribution is 2.25. The average Bonchev–Trinajstić information content (AvgIpc) is 3.00. The minimum absolute atomic E-state index is 0.0471. The summed E-state index contributed by atoms with van der Waals surface area (Å²) in [5, 5.41) is 13.4. The Kier molecular flexibility index (Phi) is 6.23. The summed E-state index contributed by atoms with van der Waals surface area (Å²) >= 11 is 6.11. The molecule has 0 aliphatic carbocycles. The first-order valence-electron chi connectivity index (χ1n) is 9.01. The maximum atomic E-state index is 12.2. The van der Waals surface area contributed by atoms with E-state index in [4.69, 9.17) is 21.4 Å². The minimum Gasteiger partial charge on any atom is -0.497 e. The zero-order chi connectivity index (χ0) is 21.8. The third-order valence-electron chi connectivity index (χ3n) is 4.63. The van der Waals surface area contributed by atoms with Crippen molar-refractivity contribution in [3.05, 3.63) is 81.6 Å². The van der Waals surface area contributed by atoms with Crippen molar-refractivity contribution in [3.8, 4) is 11.4 Å². The maximum Gasteiger partial charge on any atom is 0.337 e. The Hall–Kier alpha value is -3.58. The van der Waals surface area contributed by atoms with Gasteiger partial charge in [-0.25, -0.2) is 10.2 Å². The minimum atomic E-state index is -1.08. The fraction of sp³-hybridized carbons (Fsp3) is 0.136. The number of methoxy groups -OCH3 is 1. The van der Waals surface area contributed by atoms with Crippen LogP contribution in [0.4, 0.5) is 0 Å². The maximum absolute atomic E-state index is 12.2. The number of nitrogens with one attached hydrogen (secondary N) is 1. The molecule has 8 heteroatoms. The number of hydrazone groups is 1. The molecule has 0 spiro atoms. The molecule has 0 fully saturated rings. The van der Waals surface area contributed by atoms with Crippen molar-refractivity contribution < 1.29 is 19.4 Å². The summed E-state index contributed by atoms with van der Waals surface area (Å²) < 4.78 is 7.01. The zero-order valence-corrected chi connectivity index (χ0v) is 17.4. The Bertz CT molecular complexity index is 1130. The third kappa shape index (κ3) is 4.36. The van der Waals surface area contributed by atoms with E-state index in [9.17, 15) is 9.59 Å². The number of nitrogens with zero attached hydrogens (tertiary/aromatic N) is 2. The van der Waals surface area contributed by atoms with E-state index < -0.39 is 5.97 Å². The van der Waals surface area contributed by atoms with Crippen LogP contribution in [0.25, 0.3) is 5.69 Å². The van der Waals surface area contributed by atoms with Gasteiger partial charge in [0.1, 0.15) is 5.75 Å². The van der Waals surface area contributed by atoms with Gasteiger partial charge in [0.2, 0.25) is 0 Å². The highest BCUT2D eigenvalue weighted by Gasteiger charge is 2.14.